The Morgan fingerprint density at radius 1 is 1.12 bits per heavy atom. The van der Waals surface area contributed by atoms with Gasteiger partial charge in [0.15, 0.2) is 0 Å². The van der Waals surface area contributed by atoms with Crippen molar-refractivity contribution in [2.75, 3.05) is 17.1 Å². The highest BCUT2D eigenvalue weighted by atomic mass is 79.9. The molecule has 0 aliphatic rings. The lowest BCUT2D eigenvalue weighted by atomic mass is 10.1. The number of sulfonamides is 1. The lowest BCUT2D eigenvalue weighted by molar-refractivity contribution is -0.139. The Bertz CT molecular complexity index is 1120. The molecule has 2 aromatic carbocycles. The summed E-state index contributed by atoms with van der Waals surface area (Å²) < 4.78 is 41.2. The summed E-state index contributed by atoms with van der Waals surface area (Å²) in [6.07, 6.45) is 1.01. The van der Waals surface area contributed by atoms with E-state index < -0.39 is 40.2 Å². The predicted molar refractivity (Wildman–Crippen MR) is 131 cm³/mol. The van der Waals surface area contributed by atoms with Gasteiger partial charge in [0.25, 0.3) is 0 Å². The molecule has 0 bridgehead atoms. The van der Waals surface area contributed by atoms with E-state index in [0.717, 1.165) is 20.6 Å². The molecule has 0 saturated carbocycles. The van der Waals surface area contributed by atoms with Gasteiger partial charge in [-0.1, -0.05) is 34.1 Å². The zero-order valence-electron chi connectivity index (χ0n) is 19.3. The summed E-state index contributed by atoms with van der Waals surface area (Å²) in [5.41, 5.74) is 1.33. The fraction of sp³-hybridized carbons (Fsp3) is 0.391. The molecular weight excluding hydrogens is 513 g/mol. The highest BCUT2D eigenvalue weighted by Crippen LogP contribution is 2.25. The lowest BCUT2D eigenvalue weighted by Gasteiger charge is -2.32. The molecule has 0 saturated heterocycles. The van der Waals surface area contributed by atoms with Crippen molar-refractivity contribution in [2.24, 2.45) is 0 Å². The Balaban J connectivity index is 2.43. The summed E-state index contributed by atoms with van der Waals surface area (Å²) in [7, 11) is -3.83. The minimum atomic E-state index is -3.83. The number of amides is 2. The minimum Gasteiger partial charge on any atom is -0.352 e. The Labute approximate surface area is 203 Å². The molecule has 10 heteroatoms. The van der Waals surface area contributed by atoms with E-state index in [2.05, 4.69) is 21.2 Å². The highest BCUT2D eigenvalue weighted by Gasteiger charge is 2.30. The van der Waals surface area contributed by atoms with Gasteiger partial charge in [0.05, 0.1) is 11.9 Å². The van der Waals surface area contributed by atoms with Crippen LogP contribution in [0.3, 0.4) is 0 Å². The van der Waals surface area contributed by atoms with Crippen LogP contribution in [0.2, 0.25) is 0 Å². The molecule has 0 aromatic heterocycles. The summed E-state index contributed by atoms with van der Waals surface area (Å²) in [5, 5.41) is 2.74. The maximum Gasteiger partial charge on any atom is 0.244 e. The van der Waals surface area contributed by atoms with Gasteiger partial charge in [-0.3, -0.25) is 13.9 Å². The predicted octanol–water partition coefficient (Wildman–Crippen LogP) is 3.60. The van der Waals surface area contributed by atoms with Crippen molar-refractivity contribution < 1.29 is 22.4 Å². The molecule has 0 aliphatic heterocycles. The summed E-state index contributed by atoms with van der Waals surface area (Å²) in [4.78, 5) is 27.2. The smallest absolute Gasteiger partial charge is 0.244 e. The number of aryl methyl sites for hydroxylation is 1. The maximum atomic E-state index is 14.3. The molecule has 1 N–H and O–H groups in total. The maximum absolute atomic E-state index is 14.3. The van der Waals surface area contributed by atoms with Crippen LogP contribution >= 0.6 is 15.9 Å². The first-order chi connectivity index (χ1) is 15.3. The number of hydrogen-bond donors (Lipinski definition) is 1. The summed E-state index contributed by atoms with van der Waals surface area (Å²) in [5.74, 6) is -1.56. The van der Waals surface area contributed by atoms with Crippen LogP contribution < -0.4 is 9.62 Å². The largest absolute Gasteiger partial charge is 0.352 e. The molecular formula is C23H29BrFN3O4S. The number of hydrogen-bond acceptors (Lipinski definition) is 4. The molecule has 2 amide bonds. The monoisotopic (exact) mass is 541 g/mol. The Morgan fingerprint density at radius 3 is 2.30 bits per heavy atom. The third-order valence-corrected chi connectivity index (χ3v) is 7.04. The van der Waals surface area contributed by atoms with Gasteiger partial charge in [-0.2, -0.15) is 0 Å². The van der Waals surface area contributed by atoms with Gasteiger partial charge in [-0.25, -0.2) is 12.8 Å². The normalized spacial score (nSPS) is 12.4. The first-order valence-corrected chi connectivity index (χ1v) is 13.0. The Kier molecular flexibility index (Phi) is 9.02. The number of anilines is 1. The van der Waals surface area contributed by atoms with Gasteiger partial charge in [-0.15, -0.1) is 0 Å². The fourth-order valence-corrected chi connectivity index (χ4v) is 4.28. The summed E-state index contributed by atoms with van der Waals surface area (Å²) in [6.45, 7) is 6.19. The van der Waals surface area contributed by atoms with Crippen LogP contribution in [0.4, 0.5) is 10.1 Å². The third kappa shape index (κ3) is 7.26. The standard InChI is InChI=1S/C23H29BrFN3O4S/c1-15(2)26-23(30)17(4)27(13-18-8-6-7-9-21(18)25)22(29)14-28(33(5,31)32)19-10-11-20(24)16(3)12-19/h6-12,15,17H,13-14H2,1-5H3,(H,26,30)/t17-/m1/s1. The molecule has 0 unspecified atom stereocenters. The van der Waals surface area contributed by atoms with E-state index in [1.807, 2.05) is 0 Å². The molecule has 2 rings (SSSR count). The second kappa shape index (κ2) is 11.1. The van der Waals surface area contributed by atoms with E-state index in [1.54, 1.807) is 45.0 Å². The molecule has 0 radical (unpaired) electrons. The zero-order valence-corrected chi connectivity index (χ0v) is 21.7. The van der Waals surface area contributed by atoms with E-state index in [4.69, 9.17) is 0 Å². The van der Waals surface area contributed by atoms with E-state index in [9.17, 15) is 22.4 Å². The Hall–Kier alpha value is -2.46. The van der Waals surface area contributed by atoms with Crippen LogP contribution in [0.5, 0.6) is 0 Å². The van der Waals surface area contributed by atoms with Crippen LogP contribution in [0.15, 0.2) is 46.9 Å². The lowest BCUT2D eigenvalue weighted by Crippen LogP contribution is -2.52. The summed E-state index contributed by atoms with van der Waals surface area (Å²) >= 11 is 3.38. The average molecular weight is 542 g/mol. The second-order valence-electron chi connectivity index (χ2n) is 8.16. The number of nitrogens with zero attached hydrogens (tertiary/aromatic N) is 2. The van der Waals surface area contributed by atoms with Gasteiger partial charge < -0.3 is 10.2 Å². The molecule has 0 aliphatic carbocycles. The van der Waals surface area contributed by atoms with Gasteiger partial charge in [-0.05, 0) is 57.5 Å². The van der Waals surface area contributed by atoms with E-state index in [0.29, 0.717) is 5.69 Å². The van der Waals surface area contributed by atoms with Gasteiger partial charge >= 0.3 is 0 Å². The van der Waals surface area contributed by atoms with E-state index >= 15 is 0 Å². The fourth-order valence-electron chi connectivity index (χ4n) is 3.20. The third-order valence-electron chi connectivity index (χ3n) is 5.01. The van der Waals surface area contributed by atoms with E-state index in [1.165, 1.54) is 30.0 Å². The molecule has 33 heavy (non-hydrogen) atoms. The summed E-state index contributed by atoms with van der Waals surface area (Å²) in [6, 6.07) is 9.77. The van der Waals surface area contributed by atoms with Crippen molar-refractivity contribution in [3.63, 3.8) is 0 Å². The van der Waals surface area contributed by atoms with Gasteiger partial charge in [0.1, 0.15) is 18.4 Å². The number of halogens is 2. The Morgan fingerprint density at radius 2 is 1.76 bits per heavy atom. The van der Waals surface area contributed by atoms with Crippen molar-refractivity contribution in [1.29, 1.82) is 0 Å². The topological polar surface area (TPSA) is 86.8 Å². The first-order valence-electron chi connectivity index (χ1n) is 10.4. The van der Waals surface area contributed by atoms with Crippen LogP contribution in [0, 0.1) is 12.7 Å². The minimum absolute atomic E-state index is 0.163. The first kappa shape index (κ1) is 26.8. The SMILES string of the molecule is Cc1cc(N(CC(=O)N(Cc2ccccc2F)[C@H](C)C(=O)NC(C)C)S(C)(=O)=O)ccc1Br. The van der Waals surface area contributed by atoms with Gasteiger partial charge in [0.2, 0.25) is 21.8 Å². The number of nitrogens with one attached hydrogen (secondary N) is 1. The number of benzene rings is 2. The van der Waals surface area contributed by atoms with Crippen LogP contribution in [-0.2, 0) is 26.2 Å². The number of carbonyl (C=O) groups excluding carboxylic acids is 2. The molecule has 1 atom stereocenters. The zero-order chi connectivity index (χ0) is 24.9. The molecule has 180 valence electrons. The van der Waals surface area contributed by atoms with Crippen LogP contribution in [-0.4, -0.2) is 50.0 Å². The van der Waals surface area contributed by atoms with Crippen LogP contribution in [0.1, 0.15) is 31.9 Å². The van der Waals surface area contributed by atoms with Crippen molar-refractivity contribution in [3.8, 4) is 0 Å². The van der Waals surface area contributed by atoms with Crippen molar-refractivity contribution in [1.82, 2.24) is 10.2 Å². The molecule has 0 heterocycles. The second-order valence-corrected chi connectivity index (χ2v) is 10.9. The van der Waals surface area contributed by atoms with Gasteiger partial charge in [0, 0.05) is 22.6 Å². The number of carbonyl (C=O) groups is 2. The van der Waals surface area contributed by atoms with Crippen molar-refractivity contribution in [3.05, 3.63) is 63.9 Å². The van der Waals surface area contributed by atoms with E-state index in [-0.39, 0.29) is 18.2 Å². The van der Waals surface area contributed by atoms with Crippen molar-refractivity contribution in [2.45, 2.75) is 46.3 Å². The van der Waals surface area contributed by atoms with Crippen molar-refractivity contribution >= 4 is 43.5 Å². The average Bonchev–Trinajstić information content (AvgIpc) is 2.71. The molecule has 2 aromatic rings. The molecule has 7 nitrogen and oxygen atoms in total. The molecule has 0 spiro atoms. The van der Waals surface area contributed by atoms with Crippen LogP contribution in [0.25, 0.3) is 0 Å². The highest BCUT2D eigenvalue weighted by molar-refractivity contribution is 9.10. The number of rotatable bonds is 9. The molecule has 0 fully saturated rings. The quantitative estimate of drug-likeness (QED) is 0.525.